The number of carbonyl (C=O) groups excluding carboxylic acids is 2. The summed E-state index contributed by atoms with van der Waals surface area (Å²) in [4.78, 5) is 29.5. The number of amides is 2. The largest absolute Gasteiger partial charge is 0.621 e. The van der Waals surface area contributed by atoms with Gasteiger partial charge in [0.2, 0.25) is 0 Å². The molecule has 1 aromatic rings. The van der Waals surface area contributed by atoms with Crippen molar-refractivity contribution in [2.45, 2.75) is 52.9 Å². The Hall–Kier alpha value is -2.42. The lowest BCUT2D eigenvalue weighted by Gasteiger charge is -2.32. The Morgan fingerprint density at radius 1 is 0.828 bits per heavy atom. The third kappa shape index (κ3) is 2.56. The Labute approximate surface area is 174 Å². The smallest absolute Gasteiger partial charge is 0.326 e. The predicted octanol–water partition coefficient (Wildman–Crippen LogP) is 2.04. The SMILES string of the molecule is CC(C)[C@@]1(C)N(C)C(=O)C(c2ccc(C3=[N+]([O-])[C@@](C)(C(C)C)N(C)C3=O)s2)=[N+]1[O-]. The normalized spacial score (nSPS) is 28.2. The van der Waals surface area contributed by atoms with Crippen molar-refractivity contribution in [1.29, 1.82) is 0 Å². The second-order valence-electron chi connectivity index (χ2n) is 8.68. The van der Waals surface area contributed by atoms with Crippen molar-refractivity contribution in [2.24, 2.45) is 11.8 Å². The van der Waals surface area contributed by atoms with E-state index in [9.17, 15) is 20.0 Å². The summed E-state index contributed by atoms with van der Waals surface area (Å²) >= 11 is 1.12. The maximum Gasteiger partial charge on any atom is 0.326 e. The van der Waals surface area contributed by atoms with Gasteiger partial charge in [0.1, 0.15) is 9.75 Å². The first-order valence-electron chi connectivity index (χ1n) is 9.66. The van der Waals surface area contributed by atoms with Crippen molar-refractivity contribution in [2.75, 3.05) is 14.1 Å². The molecule has 9 heteroatoms. The van der Waals surface area contributed by atoms with E-state index in [4.69, 9.17) is 0 Å². The van der Waals surface area contributed by atoms with E-state index in [0.717, 1.165) is 20.8 Å². The first kappa shape index (κ1) is 21.3. The van der Waals surface area contributed by atoms with Gasteiger partial charge in [0, 0.05) is 39.8 Å². The van der Waals surface area contributed by atoms with E-state index in [1.165, 1.54) is 9.80 Å². The van der Waals surface area contributed by atoms with Gasteiger partial charge in [-0.3, -0.25) is 19.4 Å². The van der Waals surface area contributed by atoms with E-state index in [0.29, 0.717) is 9.75 Å². The van der Waals surface area contributed by atoms with Crippen LogP contribution < -0.4 is 0 Å². The van der Waals surface area contributed by atoms with E-state index < -0.39 is 11.3 Å². The fraction of sp³-hybridized carbons (Fsp3) is 0.600. The Morgan fingerprint density at radius 2 is 1.14 bits per heavy atom. The Balaban J connectivity index is 2.11. The minimum Gasteiger partial charge on any atom is -0.621 e. The molecule has 2 amide bonds. The standard InChI is InChI=1S/C20H28N4O4S/c1-11(2)19(5)21(7)17(25)15(23(19)27)13-9-10-14(29-13)16-18(26)22(8)20(6,12(3)4)24(16)28/h9-12H,1-8H3/t19-,20-/m0/s1. The predicted molar refractivity (Wildman–Crippen MR) is 112 cm³/mol. The van der Waals surface area contributed by atoms with Crippen LogP contribution in [-0.4, -0.2) is 67.9 Å². The fourth-order valence-corrected chi connectivity index (χ4v) is 4.92. The zero-order chi connectivity index (χ0) is 22.0. The summed E-state index contributed by atoms with van der Waals surface area (Å²) in [6.45, 7) is 11.0. The summed E-state index contributed by atoms with van der Waals surface area (Å²) in [5, 5.41) is 26.1. The highest BCUT2D eigenvalue weighted by Gasteiger charge is 2.56. The number of nitrogens with zero attached hydrogens (tertiary/aromatic N) is 4. The van der Waals surface area contributed by atoms with Crippen LogP contribution in [0.5, 0.6) is 0 Å². The van der Waals surface area contributed by atoms with Crippen molar-refractivity contribution in [1.82, 2.24) is 9.80 Å². The van der Waals surface area contributed by atoms with E-state index in [2.05, 4.69) is 0 Å². The lowest BCUT2D eigenvalue weighted by atomic mass is 9.98. The van der Waals surface area contributed by atoms with Gasteiger partial charge in [-0.05, 0) is 12.1 Å². The van der Waals surface area contributed by atoms with Crippen LogP contribution in [0.2, 0.25) is 0 Å². The van der Waals surface area contributed by atoms with E-state index in [1.807, 2.05) is 27.7 Å². The molecule has 1 aromatic heterocycles. The van der Waals surface area contributed by atoms with Gasteiger partial charge in [-0.15, -0.1) is 11.3 Å². The molecule has 0 N–H and O–H groups in total. The van der Waals surface area contributed by atoms with E-state index in [-0.39, 0.29) is 35.1 Å². The molecule has 29 heavy (non-hydrogen) atoms. The molecule has 0 unspecified atom stereocenters. The van der Waals surface area contributed by atoms with E-state index >= 15 is 0 Å². The van der Waals surface area contributed by atoms with Crippen molar-refractivity contribution < 1.29 is 19.1 Å². The minimum absolute atomic E-state index is 0.0448. The van der Waals surface area contributed by atoms with Crippen LogP contribution >= 0.6 is 11.3 Å². The van der Waals surface area contributed by atoms with Gasteiger partial charge in [0.15, 0.2) is 0 Å². The zero-order valence-electron chi connectivity index (χ0n) is 18.1. The summed E-state index contributed by atoms with van der Waals surface area (Å²) in [7, 11) is 3.23. The average molecular weight is 421 g/mol. The number of rotatable bonds is 4. The third-order valence-corrected chi connectivity index (χ3v) is 7.96. The van der Waals surface area contributed by atoms with Crippen LogP contribution in [-0.2, 0) is 9.59 Å². The fourth-order valence-electron chi connectivity index (χ4n) is 3.87. The number of likely N-dealkylation sites (N-methyl/N-ethyl adjacent to an activating group) is 2. The molecule has 0 bridgehead atoms. The molecule has 0 spiro atoms. The topological polar surface area (TPSA) is 92.8 Å². The van der Waals surface area contributed by atoms with Crippen LogP contribution in [0, 0.1) is 22.3 Å². The monoisotopic (exact) mass is 420 g/mol. The number of hydroxylamine groups is 2. The third-order valence-electron chi connectivity index (χ3n) is 6.86. The van der Waals surface area contributed by atoms with Crippen molar-refractivity contribution in [3.05, 3.63) is 32.3 Å². The second-order valence-corrected chi connectivity index (χ2v) is 9.76. The maximum atomic E-state index is 13.1. The molecule has 158 valence electrons. The molecule has 2 aliphatic heterocycles. The molecule has 0 saturated heterocycles. The van der Waals surface area contributed by atoms with Gasteiger partial charge in [-0.1, -0.05) is 27.7 Å². The molecule has 2 atom stereocenters. The Morgan fingerprint density at radius 3 is 1.38 bits per heavy atom. The van der Waals surface area contributed by atoms with Crippen LogP contribution in [0.3, 0.4) is 0 Å². The summed E-state index contributed by atoms with van der Waals surface area (Å²) in [6.07, 6.45) is 0. The second kappa shape index (κ2) is 6.55. The van der Waals surface area contributed by atoms with Gasteiger partial charge in [0.25, 0.3) is 22.7 Å². The molecule has 0 fully saturated rings. The summed E-state index contributed by atoms with van der Waals surface area (Å²) < 4.78 is 1.52. The van der Waals surface area contributed by atoms with Crippen molar-refractivity contribution >= 4 is 34.6 Å². The van der Waals surface area contributed by atoms with Gasteiger partial charge < -0.3 is 10.4 Å². The lowest BCUT2D eigenvalue weighted by Crippen LogP contribution is -2.51. The molecule has 2 aliphatic rings. The highest BCUT2D eigenvalue weighted by molar-refractivity contribution is 7.17. The van der Waals surface area contributed by atoms with Crippen LogP contribution in [0.4, 0.5) is 0 Å². The van der Waals surface area contributed by atoms with Gasteiger partial charge in [-0.25, -0.2) is 0 Å². The highest BCUT2D eigenvalue weighted by Crippen LogP contribution is 2.35. The number of hydrogen-bond donors (Lipinski definition) is 0. The van der Waals surface area contributed by atoms with Gasteiger partial charge in [0.05, 0.1) is 0 Å². The summed E-state index contributed by atoms with van der Waals surface area (Å²) in [5.74, 6) is -0.908. The summed E-state index contributed by atoms with van der Waals surface area (Å²) in [5.41, 5.74) is -1.89. The van der Waals surface area contributed by atoms with Crippen LogP contribution in [0.25, 0.3) is 0 Å². The molecule has 0 aliphatic carbocycles. The Kier molecular flexibility index (Phi) is 4.81. The first-order valence-corrected chi connectivity index (χ1v) is 10.5. The lowest BCUT2D eigenvalue weighted by molar-refractivity contribution is -0.570. The summed E-state index contributed by atoms with van der Waals surface area (Å²) in [6, 6.07) is 3.27. The van der Waals surface area contributed by atoms with Gasteiger partial charge in [-0.2, -0.15) is 9.48 Å². The minimum atomic E-state index is -0.992. The molecular formula is C20H28N4O4S. The molecule has 0 aromatic carbocycles. The zero-order valence-corrected chi connectivity index (χ0v) is 19.0. The molecule has 8 nitrogen and oxygen atoms in total. The maximum absolute atomic E-state index is 13.1. The molecule has 0 radical (unpaired) electrons. The molecule has 3 rings (SSSR count). The van der Waals surface area contributed by atoms with Crippen LogP contribution in [0.15, 0.2) is 12.1 Å². The molecular weight excluding hydrogens is 392 g/mol. The highest BCUT2D eigenvalue weighted by atomic mass is 32.1. The van der Waals surface area contributed by atoms with Crippen molar-refractivity contribution in [3.8, 4) is 0 Å². The van der Waals surface area contributed by atoms with Crippen molar-refractivity contribution in [3.63, 3.8) is 0 Å². The van der Waals surface area contributed by atoms with Crippen LogP contribution in [0.1, 0.15) is 51.3 Å². The van der Waals surface area contributed by atoms with E-state index in [1.54, 1.807) is 40.1 Å². The number of carbonyl (C=O) groups is 2. The Bertz CT molecular complexity index is 889. The quantitative estimate of drug-likeness (QED) is 0.550. The van der Waals surface area contributed by atoms with Gasteiger partial charge >= 0.3 is 11.8 Å². The number of thiophene rings is 1. The molecule has 0 saturated carbocycles. The number of hydrogen-bond acceptors (Lipinski definition) is 5. The molecule has 3 heterocycles. The first-order chi connectivity index (χ1) is 13.3. The average Bonchev–Trinajstić information content (AvgIpc) is 3.23.